The SMILES string of the molecule is COC(=O)CCC(=O)NC(c1ccc(OC)cc1)c1cc([N+](=O)[O-])c2cccnc2c1O. The summed E-state index contributed by atoms with van der Waals surface area (Å²) in [5.41, 5.74) is 0.416. The van der Waals surface area contributed by atoms with Crippen molar-refractivity contribution in [2.75, 3.05) is 14.2 Å². The van der Waals surface area contributed by atoms with Crippen LogP contribution in [0.1, 0.15) is 30.0 Å². The molecule has 1 aromatic heterocycles. The number of carbonyl (C=O) groups excluding carboxylic acids is 2. The number of pyridine rings is 1. The van der Waals surface area contributed by atoms with Crippen LogP contribution in [0.25, 0.3) is 10.9 Å². The minimum absolute atomic E-state index is 0.0408. The third-order valence-electron chi connectivity index (χ3n) is 4.92. The fourth-order valence-corrected chi connectivity index (χ4v) is 3.29. The van der Waals surface area contributed by atoms with Gasteiger partial charge in [0.1, 0.15) is 17.0 Å². The summed E-state index contributed by atoms with van der Waals surface area (Å²) < 4.78 is 9.71. The molecule has 32 heavy (non-hydrogen) atoms. The van der Waals surface area contributed by atoms with Crippen LogP contribution in [0, 0.1) is 10.1 Å². The Morgan fingerprint density at radius 1 is 1.19 bits per heavy atom. The van der Waals surface area contributed by atoms with Gasteiger partial charge in [-0.25, -0.2) is 0 Å². The van der Waals surface area contributed by atoms with E-state index in [0.717, 1.165) is 0 Å². The molecule has 10 heteroatoms. The summed E-state index contributed by atoms with van der Waals surface area (Å²) in [5.74, 6) is -0.769. The first kappa shape index (κ1) is 22.5. The standard InChI is InChI=1S/C22H21N3O7/c1-31-14-7-5-13(6-8-14)20(24-18(26)9-10-19(27)32-2)16-12-17(25(29)30)15-4-3-11-23-21(15)22(16)28/h3-8,11-12,20,28H,9-10H2,1-2H3,(H,24,26). The normalized spacial score (nSPS) is 11.6. The van der Waals surface area contributed by atoms with Gasteiger partial charge in [-0.3, -0.25) is 24.7 Å². The van der Waals surface area contributed by atoms with Crippen molar-refractivity contribution in [1.82, 2.24) is 10.3 Å². The third kappa shape index (κ3) is 4.75. The van der Waals surface area contributed by atoms with Gasteiger partial charge >= 0.3 is 5.97 Å². The Labute approximate surface area is 182 Å². The Morgan fingerprint density at radius 2 is 1.91 bits per heavy atom. The second-order valence-corrected chi connectivity index (χ2v) is 6.84. The molecule has 0 fully saturated rings. The Morgan fingerprint density at radius 3 is 2.53 bits per heavy atom. The number of phenolic OH excluding ortho intramolecular Hbond substituents is 1. The van der Waals surface area contributed by atoms with Gasteiger partial charge in [-0.1, -0.05) is 12.1 Å². The maximum Gasteiger partial charge on any atom is 0.306 e. The van der Waals surface area contributed by atoms with Crippen LogP contribution in [-0.4, -0.2) is 41.1 Å². The zero-order chi connectivity index (χ0) is 23.3. The second kappa shape index (κ2) is 9.73. The van der Waals surface area contributed by atoms with Crippen LogP contribution in [0.4, 0.5) is 5.69 Å². The number of aromatic nitrogens is 1. The minimum atomic E-state index is -0.948. The number of phenols is 1. The quantitative estimate of drug-likeness (QED) is 0.310. The van der Waals surface area contributed by atoms with E-state index in [-0.39, 0.29) is 40.7 Å². The number of nitrogens with zero attached hydrogens (tertiary/aromatic N) is 2. The first-order chi connectivity index (χ1) is 15.3. The number of ether oxygens (including phenoxy) is 2. The predicted octanol–water partition coefficient (Wildman–Crippen LogP) is 3.02. The maximum atomic E-state index is 12.6. The lowest BCUT2D eigenvalue weighted by Gasteiger charge is -2.21. The van der Waals surface area contributed by atoms with Crippen LogP contribution < -0.4 is 10.1 Å². The lowest BCUT2D eigenvalue weighted by atomic mass is 9.95. The van der Waals surface area contributed by atoms with Crippen molar-refractivity contribution in [1.29, 1.82) is 0 Å². The molecule has 1 amide bonds. The van der Waals surface area contributed by atoms with Gasteiger partial charge in [0.15, 0.2) is 0 Å². The number of benzene rings is 2. The van der Waals surface area contributed by atoms with E-state index in [9.17, 15) is 24.8 Å². The van der Waals surface area contributed by atoms with Crippen LogP contribution in [-0.2, 0) is 14.3 Å². The van der Waals surface area contributed by atoms with E-state index >= 15 is 0 Å². The Bertz CT molecular complexity index is 1160. The van der Waals surface area contributed by atoms with E-state index in [1.165, 1.54) is 38.6 Å². The van der Waals surface area contributed by atoms with Crippen LogP contribution in [0.5, 0.6) is 11.5 Å². The number of nitro groups is 1. The summed E-state index contributed by atoms with van der Waals surface area (Å²) in [4.78, 5) is 39.2. The van der Waals surface area contributed by atoms with E-state index in [1.54, 1.807) is 24.3 Å². The molecule has 1 unspecified atom stereocenters. The van der Waals surface area contributed by atoms with Gasteiger partial charge in [-0.2, -0.15) is 0 Å². The fraction of sp³-hybridized carbons (Fsp3) is 0.227. The van der Waals surface area contributed by atoms with Crippen molar-refractivity contribution in [2.45, 2.75) is 18.9 Å². The maximum absolute atomic E-state index is 12.6. The first-order valence-electron chi connectivity index (χ1n) is 9.60. The van der Waals surface area contributed by atoms with E-state index in [1.807, 2.05) is 0 Å². The molecule has 2 aromatic carbocycles. The molecule has 166 valence electrons. The molecule has 0 radical (unpaired) electrons. The molecule has 2 N–H and O–H groups in total. The van der Waals surface area contributed by atoms with Crippen LogP contribution in [0.2, 0.25) is 0 Å². The number of fused-ring (bicyclic) bond motifs is 1. The van der Waals surface area contributed by atoms with Gasteiger partial charge in [0.05, 0.1) is 37.0 Å². The van der Waals surface area contributed by atoms with Crippen molar-refractivity contribution in [2.24, 2.45) is 0 Å². The zero-order valence-corrected chi connectivity index (χ0v) is 17.4. The van der Waals surface area contributed by atoms with Crippen molar-refractivity contribution in [3.8, 4) is 11.5 Å². The van der Waals surface area contributed by atoms with Crippen molar-refractivity contribution >= 4 is 28.5 Å². The molecule has 3 rings (SSSR count). The summed E-state index contributed by atoms with van der Waals surface area (Å²) in [6.45, 7) is 0. The highest BCUT2D eigenvalue weighted by Crippen LogP contribution is 2.39. The van der Waals surface area contributed by atoms with E-state index < -0.39 is 22.8 Å². The number of aromatic hydroxyl groups is 1. The van der Waals surface area contributed by atoms with E-state index in [0.29, 0.717) is 11.3 Å². The Hall–Kier alpha value is -4.21. The molecule has 0 aliphatic rings. The summed E-state index contributed by atoms with van der Waals surface area (Å²) in [7, 11) is 2.73. The van der Waals surface area contributed by atoms with Gasteiger partial charge in [0.2, 0.25) is 5.91 Å². The minimum Gasteiger partial charge on any atom is -0.505 e. The molecule has 0 aliphatic carbocycles. The Balaban J connectivity index is 2.10. The molecule has 0 spiro atoms. The largest absolute Gasteiger partial charge is 0.505 e. The first-order valence-corrected chi connectivity index (χ1v) is 9.60. The van der Waals surface area contributed by atoms with Crippen molar-refractivity contribution < 1.29 is 29.1 Å². The summed E-state index contributed by atoms with van der Waals surface area (Å²) in [6.07, 6.45) is 1.12. The second-order valence-electron chi connectivity index (χ2n) is 6.84. The highest BCUT2D eigenvalue weighted by atomic mass is 16.6. The molecule has 0 saturated carbocycles. The average molecular weight is 439 g/mol. The van der Waals surface area contributed by atoms with Crippen LogP contribution >= 0.6 is 0 Å². The molecular formula is C22H21N3O7. The number of carbonyl (C=O) groups is 2. The van der Waals surface area contributed by atoms with E-state index in [2.05, 4.69) is 15.0 Å². The monoisotopic (exact) mass is 439 g/mol. The number of hydrogen-bond donors (Lipinski definition) is 2. The van der Waals surface area contributed by atoms with Crippen LogP contribution in [0.3, 0.4) is 0 Å². The zero-order valence-electron chi connectivity index (χ0n) is 17.4. The average Bonchev–Trinajstić information content (AvgIpc) is 2.81. The molecule has 0 aliphatic heterocycles. The highest BCUT2D eigenvalue weighted by molar-refractivity contribution is 5.94. The van der Waals surface area contributed by atoms with Crippen molar-refractivity contribution in [3.63, 3.8) is 0 Å². The van der Waals surface area contributed by atoms with Gasteiger partial charge < -0.3 is 19.9 Å². The predicted molar refractivity (Wildman–Crippen MR) is 114 cm³/mol. The van der Waals surface area contributed by atoms with Gasteiger partial charge in [0.25, 0.3) is 5.69 Å². The van der Waals surface area contributed by atoms with Crippen molar-refractivity contribution in [3.05, 3.63) is 69.9 Å². The molecule has 3 aromatic rings. The summed E-state index contributed by atoms with van der Waals surface area (Å²) in [5, 5.41) is 25.5. The number of methoxy groups -OCH3 is 2. The summed E-state index contributed by atoms with van der Waals surface area (Å²) in [6, 6.07) is 9.94. The van der Waals surface area contributed by atoms with Gasteiger partial charge in [-0.05, 0) is 29.8 Å². The third-order valence-corrected chi connectivity index (χ3v) is 4.92. The number of rotatable bonds is 8. The fourth-order valence-electron chi connectivity index (χ4n) is 3.29. The topological polar surface area (TPSA) is 141 Å². The summed E-state index contributed by atoms with van der Waals surface area (Å²) >= 11 is 0. The molecule has 1 heterocycles. The molecular weight excluding hydrogens is 418 g/mol. The number of hydrogen-bond acceptors (Lipinski definition) is 8. The molecule has 10 nitrogen and oxygen atoms in total. The Kier molecular flexibility index (Phi) is 6.83. The smallest absolute Gasteiger partial charge is 0.306 e. The number of amides is 1. The molecule has 0 saturated heterocycles. The van der Waals surface area contributed by atoms with Crippen LogP contribution in [0.15, 0.2) is 48.7 Å². The lowest BCUT2D eigenvalue weighted by Crippen LogP contribution is -2.30. The number of nitro benzene ring substituents is 1. The number of non-ortho nitro benzene ring substituents is 1. The highest BCUT2D eigenvalue weighted by Gasteiger charge is 2.27. The number of nitrogens with one attached hydrogen (secondary N) is 1. The molecule has 1 atom stereocenters. The molecule has 0 bridgehead atoms. The van der Waals surface area contributed by atoms with Gasteiger partial charge in [0, 0.05) is 24.2 Å². The number of esters is 1. The van der Waals surface area contributed by atoms with Gasteiger partial charge in [-0.15, -0.1) is 0 Å². The van der Waals surface area contributed by atoms with E-state index in [4.69, 9.17) is 4.74 Å². The lowest BCUT2D eigenvalue weighted by molar-refractivity contribution is -0.383.